The number of hydrogen-bond acceptors (Lipinski definition) is 6. The average molecular weight is 565 g/mol. The highest BCUT2D eigenvalue weighted by Crippen LogP contribution is 2.33. The van der Waals surface area contributed by atoms with E-state index in [1.54, 1.807) is 36.8 Å². The Kier molecular flexibility index (Phi) is 9.18. The number of carbonyl (C=O) groups is 1. The number of hydrogen-bond donors (Lipinski definition) is 2. The fourth-order valence-electron chi connectivity index (χ4n) is 4.15. The monoisotopic (exact) mass is 564 g/mol. The van der Waals surface area contributed by atoms with Crippen LogP contribution in [0.25, 0.3) is 11.1 Å². The van der Waals surface area contributed by atoms with Gasteiger partial charge in [0.1, 0.15) is 11.4 Å². The van der Waals surface area contributed by atoms with Crippen LogP contribution >= 0.6 is 23.6 Å². The fourth-order valence-corrected chi connectivity index (χ4v) is 5.40. The number of nitrogens with one attached hydrogen (secondary N) is 2. The lowest BCUT2D eigenvalue weighted by molar-refractivity contribution is -0.274. The van der Waals surface area contributed by atoms with Gasteiger partial charge in [-0.15, -0.1) is 24.5 Å². The molecule has 1 saturated heterocycles. The number of methoxy groups -OCH3 is 1. The maximum absolute atomic E-state index is 13.0. The number of carbonyl (C=O) groups excluding carboxylic acids is 1. The van der Waals surface area contributed by atoms with Crippen LogP contribution in [-0.4, -0.2) is 60.6 Å². The summed E-state index contributed by atoms with van der Waals surface area (Å²) < 4.78 is 46.4. The molecule has 0 aliphatic carbocycles. The van der Waals surface area contributed by atoms with Crippen molar-refractivity contribution < 1.29 is 27.4 Å². The van der Waals surface area contributed by atoms with Gasteiger partial charge >= 0.3 is 6.36 Å². The normalized spacial score (nSPS) is 14.3. The first kappa shape index (κ1) is 27.8. The predicted molar refractivity (Wildman–Crippen MR) is 145 cm³/mol. The summed E-state index contributed by atoms with van der Waals surface area (Å²) in [7, 11) is 1.65. The van der Waals surface area contributed by atoms with E-state index >= 15 is 0 Å². The molecule has 2 heterocycles. The molecular formula is C26H27F3N4O3S2. The summed E-state index contributed by atoms with van der Waals surface area (Å²) >= 11 is 6.92. The number of para-hydroxylation sites is 1. The minimum atomic E-state index is -4.76. The van der Waals surface area contributed by atoms with Gasteiger partial charge in [-0.1, -0.05) is 30.3 Å². The molecule has 7 nitrogen and oxygen atoms in total. The highest BCUT2D eigenvalue weighted by molar-refractivity contribution is 7.80. The molecule has 3 aromatic rings. The number of likely N-dealkylation sites (tertiary alicyclic amines) is 1. The number of anilines is 1. The number of benzene rings is 2. The quantitative estimate of drug-likeness (QED) is 0.270. The first-order valence-electron chi connectivity index (χ1n) is 12.0. The van der Waals surface area contributed by atoms with Crippen molar-refractivity contribution in [1.29, 1.82) is 0 Å². The number of thiazole rings is 1. The molecule has 1 amide bonds. The number of piperidine rings is 1. The van der Waals surface area contributed by atoms with Crippen molar-refractivity contribution in [3.05, 3.63) is 64.6 Å². The van der Waals surface area contributed by atoms with Gasteiger partial charge in [0.05, 0.1) is 11.6 Å². The zero-order valence-corrected chi connectivity index (χ0v) is 22.2. The van der Waals surface area contributed by atoms with Gasteiger partial charge in [-0.2, -0.15) is 0 Å². The molecule has 1 fully saturated rings. The molecule has 0 saturated carbocycles. The largest absolute Gasteiger partial charge is 0.573 e. The molecule has 0 spiro atoms. The number of amides is 1. The summed E-state index contributed by atoms with van der Waals surface area (Å²) in [6, 6.07) is 12.6. The third kappa shape index (κ3) is 7.42. The van der Waals surface area contributed by atoms with Crippen molar-refractivity contribution in [1.82, 2.24) is 15.2 Å². The lowest BCUT2D eigenvalue weighted by Crippen LogP contribution is -2.44. The summed E-state index contributed by atoms with van der Waals surface area (Å²) in [6.07, 6.45) is -2.99. The molecule has 38 heavy (non-hydrogen) atoms. The van der Waals surface area contributed by atoms with E-state index in [9.17, 15) is 18.0 Å². The number of halogens is 3. The highest BCUT2D eigenvalue weighted by atomic mass is 32.1. The van der Waals surface area contributed by atoms with Gasteiger partial charge in [-0.3, -0.25) is 4.79 Å². The summed E-state index contributed by atoms with van der Waals surface area (Å²) in [5, 5.41) is 9.48. The van der Waals surface area contributed by atoms with E-state index in [0.29, 0.717) is 35.7 Å². The minimum absolute atomic E-state index is 0.254. The van der Waals surface area contributed by atoms with Crippen molar-refractivity contribution in [2.24, 2.45) is 0 Å². The smallest absolute Gasteiger partial charge is 0.406 e. The van der Waals surface area contributed by atoms with E-state index in [1.807, 2.05) is 0 Å². The standard InChI is InChI=1S/C26H27F3N4O3S2/c1-35-15-12-30-25(37)33-13-10-18(11-14-33)24-32-22(16-38-24)23(34)31-21-5-3-2-4-20(21)17-6-8-19(9-7-17)36-26(27,28)29/h2-9,16,18H,10-15H2,1H3,(H,30,37)(H,31,34). The molecule has 0 bridgehead atoms. The van der Waals surface area contributed by atoms with Crippen molar-refractivity contribution in [2.45, 2.75) is 25.1 Å². The van der Waals surface area contributed by atoms with Crippen LogP contribution in [0.15, 0.2) is 53.9 Å². The number of aromatic nitrogens is 1. The Morgan fingerprint density at radius 1 is 1.16 bits per heavy atom. The fraction of sp³-hybridized carbons (Fsp3) is 0.346. The maximum Gasteiger partial charge on any atom is 0.573 e. The molecule has 1 aliphatic rings. The van der Waals surface area contributed by atoms with E-state index in [1.165, 1.54) is 35.6 Å². The van der Waals surface area contributed by atoms with Gasteiger partial charge in [0.25, 0.3) is 5.91 Å². The summed E-state index contributed by atoms with van der Waals surface area (Å²) in [5.41, 5.74) is 2.15. The van der Waals surface area contributed by atoms with Crippen molar-refractivity contribution >= 4 is 40.3 Å². The lowest BCUT2D eigenvalue weighted by atomic mass is 9.98. The Morgan fingerprint density at radius 2 is 1.87 bits per heavy atom. The van der Waals surface area contributed by atoms with Crippen LogP contribution in [0.3, 0.4) is 0 Å². The van der Waals surface area contributed by atoms with Crippen LogP contribution in [0, 0.1) is 0 Å². The van der Waals surface area contributed by atoms with Crippen molar-refractivity contribution in [3.8, 4) is 16.9 Å². The molecule has 2 N–H and O–H groups in total. The number of alkyl halides is 3. The number of rotatable bonds is 8. The molecule has 2 aromatic carbocycles. The second-order valence-electron chi connectivity index (χ2n) is 8.63. The molecule has 202 valence electrons. The van der Waals surface area contributed by atoms with E-state index in [-0.39, 0.29) is 17.6 Å². The average Bonchev–Trinajstić information content (AvgIpc) is 3.40. The molecule has 4 rings (SSSR count). The van der Waals surface area contributed by atoms with Crippen LogP contribution in [0.2, 0.25) is 0 Å². The van der Waals surface area contributed by atoms with Crippen LogP contribution in [0.5, 0.6) is 5.75 Å². The Hall–Kier alpha value is -3.22. The van der Waals surface area contributed by atoms with Crippen LogP contribution < -0.4 is 15.4 Å². The molecule has 0 unspecified atom stereocenters. The molecule has 0 radical (unpaired) electrons. The highest BCUT2D eigenvalue weighted by Gasteiger charge is 2.31. The first-order chi connectivity index (χ1) is 18.2. The Bertz CT molecular complexity index is 1240. The zero-order chi connectivity index (χ0) is 27.1. The van der Waals surface area contributed by atoms with Gasteiger partial charge in [-0.25, -0.2) is 4.98 Å². The second-order valence-corrected chi connectivity index (χ2v) is 9.91. The SMILES string of the molecule is COCCNC(=S)N1CCC(c2nc(C(=O)Nc3ccccc3-c3ccc(OC(F)(F)F)cc3)cs2)CC1. The molecule has 1 aromatic heterocycles. The van der Waals surface area contributed by atoms with E-state index in [0.717, 1.165) is 36.1 Å². The van der Waals surface area contributed by atoms with Gasteiger partial charge in [-0.05, 0) is 48.8 Å². The second kappa shape index (κ2) is 12.5. The van der Waals surface area contributed by atoms with E-state index in [2.05, 4.69) is 25.3 Å². The Labute approximate surface area is 228 Å². The van der Waals surface area contributed by atoms with Crippen molar-refractivity contribution in [2.75, 3.05) is 38.7 Å². The molecule has 1 aliphatic heterocycles. The van der Waals surface area contributed by atoms with Crippen LogP contribution in [-0.2, 0) is 4.74 Å². The zero-order valence-electron chi connectivity index (χ0n) is 20.6. The topological polar surface area (TPSA) is 75.7 Å². The van der Waals surface area contributed by atoms with Crippen LogP contribution in [0.1, 0.15) is 34.3 Å². The predicted octanol–water partition coefficient (Wildman–Crippen LogP) is 5.66. The Morgan fingerprint density at radius 3 is 2.55 bits per heavy atom. The summed E-state index contributed by atoms with van der Waals surface area (Å²) in [4.78, 5) is 19.8. The van der Waals surface area contributed by atoms with Gasteiger partial charge < -0.3 is 25.0 Å². The summed E-state index contributed by atoms with van der Waals surface area (Å²) in [6.45, 7) is 2.88. The first-order valence-corrected chi connectivity index (χ1v) is 13.3. The number of ether oxygens (including phenoxy) is 2. The van der Waals surface area contributed by atoms with E-state index in [4.69, 9.17) is 17.0 Å². The lowest BCUT2D eigenvalue weighted by Gasteiger charge is -2.33. The minimum Gasteiger partial charge on any atom is -0.406 e. The molecule has 12 heteroatoms. The molecular weight excluding hydrogens is 537 g/mol. The van der Waals surface area contributed by atoms with E-state index < -0.39 is 6.36 Å². The number of nitrogens with zero attached hydrogens (tertiary/aromatic N) is 2. The van der Waals surface area contributed by atoms with Gasteiger partial charge in [0.15, 0.2) is 5.11 Å². The van der Waals surface area contributed by atoms with Gasteiger partial charge in [0, 0.05) is 49.3 Å². The van der Waals surface area contributed by atoms with Crippen LogP contribution in [0.4, 0.5) is 18.9 Å². The Balaban J connectivity index is 1.37. The van der Waals surface area contributed by atoms with Crippen molar-refractivity contribution in [3.63, 3.8) is 0 Å². The number of thiocarbonyl (C=S) groups is 1. The molecule has 0 atom stereocenters. The maximum atomic E-state index is 13.0. The third-order valence-electron chi connectivity index (χ3n) is 6.04. The van der Waals surface area contributed by atoms with Gasteiger partial charge in [0.2, 0.25) is 0 Å². The summed E-state index contributed by atoms with van der Waals surface area (Å²) in [5.74, 6) is -0.407. The third-order valence-corrected chi connectivity index (χ3v) is 7.45.